The number of benzene rings is 2. The number of fused-ring (bicyclic) bond motifs is 1. The fraction of sp³-hybridized carbons (Fsp3) is 0.238. The van der Waals surface area contributed by atoms with Crippen LogP contribution >= 0.6 is 35.5 Å². The van der Waals surface area contributed by atoms with Crippen molar-refractivity contribution in [1.29, 1.82) is 0 Å². The normalized spacial score (nSPS) is 13.4. The number of halogens is 2. The zero-order valence-corrected chi connectivity index (χ0v) is 18.1. The average Bonchev–Trinajstić information content (AvgIpc) is 3.10. The third-order valence-electron chi connectivity index (χ3n) is 4.49. The Bertz CT molecular complexity index is 950. The zero-order valence-electron chi connectivity index (χ0n) is 15.6. The lowest BCUT2D eigenvalue weighted by Crippen LogP contribution is -2.29. The van der Waals surface area contributed by atoms with E-state index in [0.717, 1.165) is 36.6 Å². The largest absolute Gasteiger partial charge is 0.301 e. The highest BCUT2D eigenvalue weighted by molar-refractivity contribution is 8.00. The lowest BCUT2D eigenvalue weighted by atomic mass is 10.1. The van der Waals surface area contributed by atoms with Crippen LogP contribution in [0.4, 0.5) is 9.52 Å². The first-order valence-electron chi connectivity index (χ1n) is 9.09. The molecule has 2 heterocycles. The molecule has 1 aliphatic rings. The lowest BCUT2D eigenvalue weighted by Gasteiger charge is -2.25. The van der Waals surface area contributed by atoms with Crippen LogP contribution in [0.25, 0.3) is 0 Å². The van der Waals surface area contributed by atoms with Crippen molar-refractivity contribution < 1.29 is 9.18 Å². The van der Waals surface area contributed by atoms with Crippen molar-refractivity contribution in [2.45, 2.75) is 24.4 Å². The van der Waals surface area contributed by atoms with Gasteiger partial charge in [-0.15, -0.1) is 35.5 Å². The van der Waals surface area contributed by atoms with E-state index in [9.17, 15) is 9.18 Å². The van der Waals surface area contributed by atoms with Crippen molar-refractivity contribution in [1.82, 2.24) is 9.88 Å². The van der Waals surface area contributed by atoms with E-state index in [4.69, 9.17) is 0 Å². The second kappa shape index (κ2) is 10.2. The van der Waals surface area contributed by atoms with Crippen molar-refractivity contribution >= 4 is 46.5 Å². The molecule has 1 aromatic heterocycles. The zero-order chi connectivity index (χ0) is 19.3. The highest BCUT2D eigenvalue weighted by atomic mass is 35.5. The van der Waals surface area contributed by atoms with Crippen LogP contribution in [0.3, 0.4) is 0 Å². The number of hydrogen-bond donors (Lipinski definition) is 1. The van der Waals surface area contributed by atoms with E-state index in [1.165, 1.54) is 34.3 Å². The number of nitrogens with one attached hydrogen (secondary N) is 1. The monoisotopic (exact) mass is 449 g/mol. The van der Waals surface area contributed by atoms with Gasteiger partial charge < -0.3 is 5.32 Å². The van der Waals surface area contributed by atoms with Gasteiger partial charge in [0.25, 0.3) is 0 Å². The maximum atomic E-state index is 12.9. The third kappa shape index (κ3) is 6.02. The minimum Gasteiger partial charge on any atom is -0.301 e. The van der Waals surface area contributed by atoms with Gasteiger partial charge in [-0.1, -0.05) is 30.3 Å². The number of aromatic nitrogens is 1. The molecule has 0 unspecified atom stereocenters. The summed E-state index contributed by atoms with van der Waals surface area (Å²) in [6.45, 7) is 2.76. The topological polar surface area (TPSA) is 45.2 Å². The Balaban J connectivity index is 0.00000240. The summed E-state index contributed by atoms with van der Waals surface area (Å²) < 4.78 is 12.9. The molecule has 4 nitrogen and oxygen atoms in total. The highest BCUT2D eigenvalue weighted by Crippen LogP contribution is 2.29. The molecule has 29 heavy (non-hydrogen) atoms. The molecular formula is C21H21ClFN3OS2. The number of amides is 1. The van der Waals surface area contributed by atoms with Crippen molar-refractivity contribution in [3.05, 3.63) is 76.5 Å². The molecule has 3 aromatic rings. The van der Waals surface area contributed by atoms with Gasteiger partial charge in [0.05, 0.1) is 11.4 Å². The molecule has 0 saturated carbocycles. The molecule has 0 atom stereocenters. The number of carbonyl (C=O) groups is 1. The standard InChI is InChI=1S/C21H20FN3OS2.ClH/c22-16-6-8-17(9-7-16)27-14-20(26)24-21-23-18-10-11-25(13-19(18)28-21)12-15-4-2-1-3-5-15;/h1-9H,10-14H2,(H,23,24,26);1H. The maximum Gasteiger partial charge on any atom is 0.236 e. The fourth-order valence-electron chi connectivity index (χ4n) is 3.11. The summed E-state index contributed by atoms with van der Waals surface area (Å²) in [6.07, 6.45) is 0.902. The molecule has 1 aliphatic heterocycles. The lowest BCUT2D eigenvalue weighted by molar-refractivity contribution is -0.113. The Labute approximate surface area is 184 Å². The second-order valence-electron chi connectivity index (χ2n) is 6.63. The van der Waals surface area contributed by atoms with E-state index in [1.807, 2.05) is 6.07 Å². The molecule has 4 rings (SSSR count). The number of nitrogens with zero attached hydrogens (tertiary/aromatic N) is 2. The third-order valence-corrected chi connectivity index (χ3v) is 6.50. The number of hydrogen-bond acceptors (Lipinski definition) is 5. The van der Waals surface area contributed by atoms with Crippen molar-refractivity contribution in [2.24, 2.45) is 0 Å². The average molecular weight is 450 g/mol. The number of anilines is 1. The van der Waals surface area contributed by atoms with E-state index < -0.39 is 0 Å². The Hall–Kier alpha value is -1.93. The van der Waals surface area contributed by atoms with Gasteiger partial charge in [-0.2, -0.15) is 0 Å². The molecule has 0 bridgehead atoms. The first-order valence-corrected chi connectivity index (χ1v) is 10.9. The minimum atomic E-state index is -0.275. The predicted molar refractivity (Wildman–Crippen MR) is 119 cm³/mol. The molecule has 1 N–H and O–H groups in total. The van der Waals surface area contributed by atoms with Gasteiger partial charge in [0.1, 0.15) is 5.82 Å². The molecule has 1 amide bonds. The molecule has 0 fully saturated rings. The summed E-state index contributed by atoms with van der Waals surface area (Å²) in [5.74, 6) is -0.0965. The Morgan fingerprint density at radius 1 is 1.17 bits per heavy atom. The number of carbonyl (C=O) groups excluding carboxylic acids is 1. The second-order valence-corrected chi connectivity index (χ2v) is 8.76. The fourth-order valence-corrected chi connectivity index (χ4v) is 4.88. The van der Waals surface area contributed by atoms with Crippen molar-refractivity contribution in [2.75, 3.05) is 17.6 Å². The van der Waals surface area contributed by atoms with E-state index in [1.54, 1.807) is 23.5 Å². The molecule has 2 aromatic carbocycles. The van der Waals surface area contributed by atoms with Crippen LogP contribution in [0.2, 0.25) is 0 Å². The molecule has 0 radical (unpaired) electrons. The Kier molecular flexibility index (Phi) is 7.66. The molecule has 0 aliphatic carbocycles. The van der Waals surface area contributed by atoms with Gasteiger partial charge in [-0.25, -0.2) is 9.37 Å². The quantitative estimate of drug-likeness (QED) is 0.538. The van der Waals surface area contributed by atoms with E-state index in [-0.39, 0.29) is 29.9 Å². The van der Waals surface area contributed by atoms with Crippen molar-refractivity contribution in [3.63, 3.8) is 0 Å². The van der Waals surface area contributed by atoms with Crippen LogP contribution < -0.4 is 5.32 Å². The van der Waals surface area contributed by atoms with E-state index >= 15 is 0 Å². The predicted octanol–water partition coefficient (Wildman–Crippen LogP) is 4.99. The molecule has 0 saturated heterocycles. The summed E-state index contributed by atoms with van der Waals surface area (Å²) >= 11 is 2.94. The Morgan fingerprint density at radius 3 is 2.69 bits per heavy atom. The van der Waals surface area contributed by atoms with Crippen LogP contribution in [-0.4, -0.2) is 28.1 Å². The Morgan fingerprint density at radius 2 is 1.93 bits per heavy atom. The van der Waals surface area contributed by atoms with Crippen molar-refractivity contribution in [3.8, 4) is 0 Å². The molecule has 8 heteroatoms. The SMILES string of the molecule is Cl.O=C(CSc1ccc(F)cc1)Nc1nc2c(s1)CN(Cc1ccccc1)CC2. The first-order chi connectivity index (χ1) is 13.7. The molecule has 152 valence electrons. The number of thioether (sulfide) groups is 1. The van der Waals surface area contributed by atoms with Gasteiger partial charge in [-0.3, -0.25) is 9.69 Å². The summed E-state index contributed by atoms with van der Waals surface area (Å²) in [4.78, 5) is 21.3. The maximum absolute atomic E-state index is 12.9. The van der Waals surface area contributed by atoms with Crippen LogP contribution in [0, 0.1) is 5.82 Å². The minimum absolute atomic E-state index is 0. The van der Waals surface area contributed by atoms with E-state index in [0.29, 0.717) is 5.13 Å². The molecular weight excluding hydrogens is 429 g/mol. The van der Waals surface area contributed by atoms with Crippen LogP contribution in [0.15, 0.2) is 59.5 Å². The van der Waals surface area contributed by atoms with Gasteiger partial charge in [-0.05, 0) is 29.8 Å². The highest BCUT2D eigenvalue weighted by Gasteiger charge is 2.21. The summed E-state index contributed by atoms with van der Waals surface area (Å²) in [5, 5.41) is 3.56. The van der Waals surface area contributed by atoms with Gasteiger partial charge >= 0.3 is 0 Å². The summed E-state index contributed by atoms with van der Waals surface area (Å²) in [5.41, 5.74) is 2.40. The van der Waals surface area contributed by atoms with Crippen LogP contribution in [-0.2, 0) is 24.3 Å². The van der Waals surface area contributed by atoms with Crippen LogP contribution in [0.1, 0.15) is 16.1 Å². The van der Waals surface area contributed by atoms with E-state index in [2.05, 4.69) is 39.5 Å². The van der Waals surface area contributed by atoms with Crippen LogP contribution in [0.5, 0.6) is 0 Å². The van der Waals surface area contributed by atoms with Gasteiger partial charge in [0, 0.05) is 35.8 Å². The smallest absolute Gasteiger partial charge is 0.236 e. The summed E-state index contributed by atoms with van der Waals surface area (Å²) in [6, 6.07) is 16.6. The summed E-state index contributed by atoms with van der Waals surface area (Å²) in [7, 11) is 0. The first kappa shape index (κ1) is 21.8. The number of rotatable bonds is 6. The van der Waals surface area contributed by atoms with Gasteiger partial charge in [0.2, 0.25) is 5.91 Å². The molecule has 0 spiro atoms. The van der Waals surface area contributed by atoms with Gasteiger partial charge in [0.15, 0.2) is 5.13 Å². The number of thiazole rings is 1.